The van der Waals surface area contributed by atoms with Crippen molar-refractivity contribution in [3.8, 4) is 17.1 Å². The molecule has 0 spiro atoms. The van der Waals surface area contributed by atoms with E-state index in [9.17, 15) is 4.79 Å². The summed E-state index contributed by atoms with van der Waals surface area (Å²) in [4.78, 5) is 19.4. The van der Waals surface area contributed by atoms with Crippen LogP contribution in [0.3, 0.4) is 0 Å². The van der Waals surface area contributed by atoms with E-state index in [4.69, 9.17) is 20.9 Å². The van der Waals surface area contributed by atoms with Gasteiger partial charge in [-0.15, -0.1) is 0 Å². The number of amides is 1. The monoisotopic (exact) mass is 426 g/mol. The minimum absolute atomic E-state index is 0.0121. The van der Waals surface area contributed by atoms with Crippen LogP contribution in [0, 0.1) is 5.92 Å². The van der Waals surface area contributed by atoms with Gasteiger partial charge in [-0.05, 0) is 43.7 Å². The molecule has 0 aliphatic carbocycles. The fourth-order valence-electron chi connectivity index (χ4n) is 3.61. The second-order valence-corrected chi connectivity index (χ2v) is 7.75. The number of halogens is 1. The number of aromatic nitrogens is 2. The molecule has 3 aromatic rings. The molecule has 1 aliphatic rings. The average Bonchev–Trinajstić information content (AvgIpc) is 3.22. The molecular formula is C22H23ClN4O3. The molecule has 0 saturated carbocycles. The van der Waals surface area contributed by atoms with Crippen LogP contribution in [0.2, 0.25) is 5.02 Å². The number of likely N-dealkylation sites (tertiary alicyclic amines) is 1. The number of carbonyl (C=O) groups excluding carboxylic acids is 1. The number of rotatable bonds is 6. The first-order valence-electron chi connectivity index (χ1n) is 9.86. The van der Waals surface area contributed by atoms with Crippen molar-refractivity contribution in [3.05, 3.63) is 59.4 Å². The minimum Gasteiger partial charge on any atom is -0.497 e. The Morgan fingerprint density at radius 1 is 1.30 bits per heavy atom. The van der Waals surface area contributed by atoms with Gasteiger partial charge in [-0.2, -0.15) is 4.98 Å². The van der Waals surface area contributed by atoms with Crippen molar-refractivity contribution in [1.29, 1.82) is 0 Å². The molecule has 1 amide bonds. The summed E-state index contributed by atoms with van der Waals surface area (Å²) >= 11 is 6.04. The third kappa shape index (κ3) is 4.98. The molecular weight excluding hydrogens is 404 g/mol. The molecule has 1 aliphatic heterocycles. The SMILES string of the molecule is COc1cccc(NC(=O)C2CCCN(Cc3nc(-c4cccc(Cl)c4)no3)C2)c1. The highest BCUT2D eigenvalue weighted by Crippen LogP contribution is 2.24. The lowest BCUT2D eigenvalue weighted by atomic mass is 9.97. The van der Waals surface area contributed by atoms with Crippen molar-refractivity contribution in [2.45, 2.75) is 19.4 Å². The van der Waals surface area contributed by atoms with Gasteiger partial charge >= 0.3 is 0 Å². The van der Waals surface area contributed by atoms with E-state index in [2.05, 4.69) is 20.4 Å². The summed E-state index contributed by atoms with van der Waals surface area (Å²) in [6.45, 7) is 2.04. The van der Waals surface area contributed by atoms with Gasteiger partial charge in [0.05, 0.1) is 19.6 Å². The van der Waals surface area contributed by atoms with Crippen LogP contribution in [0.5, 0.6) is 5.75 Å². The number of nitrogens with zero attached hydrogens (tertiary/aromatic N) is 3. The smallest absolute Gasteiger partial charge is 0.241 e. The van der Waals surface area contributed by atoms with Crippen LogP contribution in [0.15, 0.2) is 53.1 Å². The number of methoxy groups -OCH3 is 1. The molecule has 1 atom stereocenters. The molecule has 8 heteroatoms. The zero-order chi connectivity index (χ0) is 20.9. The highest BCUT2D eigenvalue weighted by atomic mass is 35.5. The Hall–Kier alpha value is -2.90. The topological polar surface area (TPSA) is 80.5 Å². The third-order valence-corrected chi connectivity index (χ3v) is 5.36. The normalized spacial score (nSPS) is 16.9. The van der Waals surface area contributed by atoms with Gasteiger partial charge in [-0.3, -0.25) is 9.69 Å². The predicted molar refractivity (Wildman–Crippen MR) is 114 cm³/mol. The minimum atomic E-state index is -0.0970. The first-order chi connectivity index (χ1) is 14.6. The summed E-state index contributed by atoms with van der Waals surface area (Å²) in [5.41, 5.74) is 1.55. The van der Waals surface area contributed by atoms with Crippen molar-refractivity contribution in [2.75, 3.05) is 25.5 Å². The van der Waals surface area contributed by atoms with Gasteiger partial charge in [0.25, 0.3) is 0 Å². The number of piperidine rings is 1. The van der Waals surface area contributed by atoms with E-state index < -0.39 is 0 Å². The van der Waals surface area contributed by atoms with Gasteiger partial charge in [0.2, 0.25) is 17.6 Å². The number of carbonyl (C=O) groups is 1. The summed E-state index contributed by atoms with van der Waals surface area (Å²) in [6.07, 6.45) is 1.79. The average molecular weight is 427 g/mol. The van der Waals surface area contributed by atoms with E-state index in [1.54, 1.807) is 19.2 Å². The molecule has 1 aromatic heterocycles. The molecule has 2 aromatic carbocycles. The molecule has 0 radical (unpaired) electrons. The molecule has 0 bridgehead atoms. The van der Waals surface area contributed by atoms with Crippen LogP contribution in [-0.4, -0.2) is 41.1 Å². The van der Waals surface area contributed by atoms with Crippen LogP contribution in [0.4, 0.5) is 5.69 Å². The molecule has 4 rings (SSSR count). The van der Waals surface area contributed by atoms with Gasteiger partial charge in [0.1, 0.15) is 5.75 Å². The first kappa shape index (κ1) is 20.4. The van der Waals surface area contributed by atoms with Crippen LogP contribution >= 0.6 is 11.6 Å². The largest absolute Gasteiger partial charge is 0.497 e. The van der Waals surface area contributed by atoms with Crippen molar-refractivity contribution in [1.82, 2.24) is 15.0 Å². The molecule has 30 heavy (non-hydrogen) atoms. The Kier molecular flexibility index (Phi) is 6.30. The first-order valence-corrected chi connectivity index (χ1v) is 10.2. The fraction of sp³-hybridized carbons (Fsp3) is 0.318. The Balaban J connectivity index is 1.36. The standard InChI is InChI=1S/C22H23ClN4O3/c1-29-19-9-3-8-18(12-19)24-22(28)16-6-4-10-27(13-16)14-20-25-21(26-30-20)15-5-2-7-17(23)11-15/h2-3,5,7-9,11-12,16H,4,6,10,13-14H2,1H3,(H,24,28). The number of benzene rings is 2. The fourth-order valence-corrected chi connectivity index (χ4v) is 3.80. The molecule has 1 fully saturated rings. The van der Waals surface area contributed by atoms with E-state index >= 15 is 0 Å². The Morgan fingerprint density at radius 3 is 3.00 bits per heavy atom. The maximum atomic E-state index is 12.7. The molecule has 7 nitrogen and oxygen atoms in total. The highest BCUT2D eigenvalue weighted by molar-refractivity contribution is 6.30. The zero-order valence-electron chi connectivity index (χ0n) is 16.7. The maximum Gasteiger partial charge on any atom is 0.241 e. The lowest BCUT2D eigenvalue weighted by Gasteiger charge is -2.30. The molecule has 2 heterocycles. The number of hydrogen-bond donors (Lipinski definition) is 1. The molecule has 1 N–H and O–H groups in total. The summed E-state index contributed by atoms with van der Waals surface area (Å²) in [5.74, 6) is 1.67. The predicted octanol–water partition coefficient (Wildman–Crippen LogP) is 4.25. The lowest BCUT2D eigenvalue weighted by molar-refractivity contribution is -0.121. The second-order valence-electron chi connectivity index (χ2n) is 7.32. The van der Waals surface area contributed by atoms with E-state index in [1.165, 1.54) is 0 Å². The van der Waals surface area contributed by atoms with E-state index in [-0.39, 0.29) is 11.8 Å². The van der Waals surface area contributed by atoms with Crippen molar-refractivity contribution < 1.29 is 14.1 Å². The van der Waals surface area contributed by atoms with Crippen LogP contribution < -0.4 is 10.1 Å². The number of anilines is 1. The zero-order valence-corrected chi connectivity index (χ0v) is 17.4. The van der Waals surface area contributed by atoms with Crippen LogP contribution in [-0.2, 0) is 11.3 Å². The van der Waals surface area contributed by atoms with Gasteiger partial charge in [-0.25, -0.2) is 0 Å². The lowest BCUT2D eigenvalue weighted by Crippen LogP contribution is -2.40. The third-order valence-electron chi connectivity index (χ3n) is 5.12. The number of ether oxygens (including phenoxy) is 1. The van der Waals surface area contributed by atoms with E-state index in [0.717, 1.165) is 30.6 Å². The second kappa shape index (κ2) is 9.28. The molecule has 1 unspecified atom stereocenters. The number of nitrogens with one attached hydrogen (secondary N) is 1. The molecule has 156 valence electrons. The summed E-state index contributed by atoms with van der Waals surface area (Å²) in [7, 11) is 1.61. The Labute approximate surface area is 180 Å². The highest BCUT2D eigenvalue weighted by Gasteiger charge is 2.27. The number of hydrogen-bond acceptors (Lipinski definition) is 6. The Morgan fingerprint density at radius 2 is 2.17 bits per heavy atom. The van der Waals surface area contributed by atoms with Gasteiger partial charge in [0.15, 0.2) is 0 Å². The van der Waals surface area contributed by atoms with Crippen LogP contribution in [0.1, 0.15) is 18.7 Å². The quantitative estimate of drug-likeness (QED) is 0.634. The van der Waals surface area contributed by atoms with Gasteiger partial charge < -0.3 is 14.6 Å². The van der Waals surface area contributed by atoms with Crippen LogP contribution in [0.25, 0.3) is 11.4 Å². The van der Waals surface area contributed by atoms with Gasteiger partial charge in [0, 0.05) is 28.9 Å². The van der Waals surface area contributed by atoms with Crippen molar-refractivity contribution in [3.63, 3.8) is 0 Å². The summed E-state index contributed by atoms with van der Waals surface area (Å²) in [5, 5.41) is 7.67. The van der Waals surface area contributed by atoms with E-state index in [0.29, 0.717) is 35.6 Å². The summed E-state index contributed by atoms with van der Waals surface area (Å²) < 4.78 is 10.6. The maximum absolute atomic E-state index is 12.7. The van der Waals surface area contributed by atoms with Gasteiger partial charge in [-0.1, -0.05) is 35.0 Å². The van der Waals surface area contributed by atoms with E-state index in [1.807, 2.05) is 36.4 Å². The molecule has 1 saturated heterocycles. The summed E-state index contributed by atoms with van der Waals surface area (Å²) in [6, 6.07) is 14.7. The van der Waals surface area contributed by atoms with Crippen molar-refractivity contribution >= 4 is 23.2 Å². The van der Waals surface area contributed by atoms with Crippen molar-refractivity contribution in [2.24, 2.45) is 5.92 Å². The Bertz CT molecular complexity index is 1020.